The average molecular weight is 308 g/mol. The highest BCUT2D eigenvalue weighted by atomic mass is 32.1. The van der Waals surface area contributed by atoms with Gasteiger partial charge in [-0.15, -0.1) is 22.7 Å². The van der Waals surface area contributed by atoms with E-state index in [0.29, 0.717) is 11.7 Å². The Labute approximate surface area is 123 Å². The van der Waals surface area contributed by atoms with E-state index in [1.165, 1.54) is 17.4 Å². The maximum absolute atomic E-state index is 11.7. The molecule has 1 amide bonds. The largest absolute Gasteiger partial charge is 0.461 e. The van der Waals surface area contributed by atoms with Crippen LogP contribution in [-0.4, -0.2) is 23.5 Å². The van der Waals surface area contributed by atoms with E-state index in [4.69, 9.17) is 4.74 Å². The molecule has 0 atom stereocenters. The SMILES string of the molecule is CCOC(=O)c1csc(NC(=O)/C=C/c2cccs2)n1. The predicted octanol–water partition coefficient (Wildman–Crippen LogP) is 3.03. The van der Waals surface area contributed by atoms with Crippen molar-refractivity contribution in [2.24, 2.45) is 0 Å². The first-order valence-corrected chi connectivity index (χ1v) is 7.60. The fraction of sp³-hybridized carbons (Fsp3) is 0.154. The molecule has 1 N–H and O–H groups in total. The monoisotopic (exact) mass is 308 g/mol. The number of thiazole rings is 1. The molecule has 5 nitrogen and oxygen atoms in total. The second-order valence-corrected chi connectivity index (χ2v) is 5.43. The highest BCUT2D eigenvalue weighted by Crippen LogP contribution is 2.16. The Hall–Kier alpha value is -1.99. The van der Waals surface area contributed by atoms with Gasteiger partial charge >= 0.3 is 5.97 Å². The van der Waals surface area contributed by atoms with Gasteiger partial charge in [-0.1, -0.05) is 6.07 Å². The fourth-order valence-corrected chi connectivity index (χ4v) is 2.62. The van der Waals surface area contributed by atoms with Crippen molar-refractivity contribution < 1.29 is 14.3 Å². The van der Waals surface area contributed by atoms with Gasteiger partial charge in [0.05, 0.1) is 6.61 Å². The Morgan fingerprint density at radius 2 is 2.30 bits per heavy atom. The standard InChI is InChI=1S/C13H12N2O3S2/c1-2-18-12(17)10-8-20-13(14-10)15-11(16)6-5-9-4-3-7-19-9/h3-8H,2H2,1H3,(H,14,15,16)/b6-5+. The molecule has 0 radical (unpaired) electrons. The van der Waals surface area contributed by atoms with Gasteiger partial charge in [-0.05, 0) is 24.4 Å². The molecule has 0 spiro atoms. The molecule has 0 aromatic carbocycles. The summed E-state index contributed by atoms with van der Waals surface area (Å²) in [4.78, 5) is 28.1. The number of carbonyl (C=O) groups is 2. The van der Waals surface area contributed by atoms with Gasteiger partial charge in [-0.2, -0.15) is 0 Å². The molecule has 0 aliphatic heterocycles. The molecule has 0 saturated carbocycles. The minimum absolute atomic E-state index is 0.203. The molecule has 0 saturated heterocycles. The first-order chi connectivity index (χ1) is 9.69. The lowest BCUT2D eigenvalue weighted by Gasteiger charge is -1.97. The van der Waals surface area contributed by atoms with Crippen molar-refractivity contribution in [1.29, 1.82) is 0 Å². The molecule has 20 heavy (non-hydrogen) atoms. The summed E-state index contributed by atoms with van der Waals surface area (Å²) in [7, 11) is 0. The van der Waals surface area contributed by atoms with E-state index in [-0.39, 0.29) is 11.6 Å². The number of hydrogen-bond acceptors (Lipinski definition) is 6. The summed E-state index contributed by atoms with van der Waals surface area (Å²) < 4.78 is 4.82. The molecule has 7 heteroatoms. The molecule has 0 aliphatic carbocycles. The Bertz CT molecular complexity index is 617. The van der Waals surface area contributed by atoms with Gasteiger partial charge in [-0.25, -0.2) is 9.78 Å². The molecule has 2 rings (SSSR count). The zero-order valence-electron chi connectivity index (χ0n) is 10.7. The van der Waals surface area contributed by atoms with Crippen LogP contribution in [0.5, 0.6) is 0 Å². The predicted molar refractivity (Wildman–Crippen MR) is 80.1 cm³/mol. The number of amides is 1. The smallest absolute Gasteiger partial charge is 0.357 e. The quantitative estimate of drug-likeness (QED) is 0.681. The molecule has 0 fully saturated rings. The van der Waals surface area contributed by atoms with Crippen LogP contribution in [0.1, 0.15) is 22.3 Å². The summed E-state index contributed by atoms with van der Waals surface area (Å²) in [5, 5.41) is 6.46. The van der Waals surface area contributed by atoms with Crippen LogP contribution in [0.4, 0.5) is 5.13 Å². The van der Waals surface area contributed by atoms with Crippen molar-refractivity contribution >= 4 is 45.8 Å². The highest BCUT2D eigenvalue weighted by Gasteiger charge is 2.12. The number of nitrogens with one attached hydrogen (secondary N) is 1. The van der Waals surface area contributed by atoms with Gasteiger partial charge in [0.15, 0.2) is 10.8 Å². The number of thiophene rings is 1. The van der Waals surface area contributed by atoms with E-state index in [0.717, 1.165) is 4.88 Å². The lowest BCUT2D eigenvalue weighted by Crippen LogP contribution is -2.09. The molecule has 2 heterocycles. The number of nitrogens with zero attached hydrogens (tertiary/aromatic N) is 1. The molecule has 0 aliphatic rings. The molecular formula is C13H12N2O3S2. The van der Waals surface area contributed by atoms with Gasteiger partial charge in [0.2, 0.25) is 5.91 Å². The summed E-state index contributed by atoms with van der Waals surface area (Å²) in [5.41, 5.74) is 0.203. The second kappa shape index (κ2) is 6.97. The number of ether oxygens (including phenoxy) is 1. The number of esters is 1. The van der Waals surface area contributed by atoms with Crippen molar-refractivity contribution in [2.75, 3.05) is 11.9 Å². The molecule has 2 aromatic heterocycles. The highest BCUT2D eigenvalue weighted by molar-refractivity contribution is 7.14. The third-order valence-corrected chi connectivity index (χ3v) is 3.76. The second-order valence-electron chi connectivity index (χ2n) is 3.60. The van der Waals surface area contributed by atoms with Crippen LogP contribution in [0.25, 0.3) is 6.08 Å². The number of anilines is 1. The molecule has 104 valence electrons. The maximum Gasteiger partial charge on any atom is 0.357 e. The van der Waals surface area contributed by atoms with Crippen molar-refractivity contribution in [3.05, 3.63) is 39.5 Å². The van der Waals surface area contributed by atoms with E-state index in [9.17, 15) is 9.59 Å². The van der Waals surface area contributed by atoms with Crippen molar-refractivity contribution in [3.63, 3.8) is 0 Å². The Morgan fingerprint density at radius 3 is 3.00 bits per heavy atom. The zero-order valence-corrected chi connectivity index (χ0v) is 12.3. The molecule has 2 aromatic rings. The van der Waals surface area contributed by atoms with Crippen LogP contribution < -0.4 is 5.32 Å². The third kappa shape index (κ3) is 4.01. The lowest BCUT2D eigenvalue weighted by atomic mass is 10.4. The first-order valence-electron chi connectivity index (χ1n) is 5.84. The van der Waals surface area contributed by atoms with Gasteiger partial charge in [0.1, 0.15) is 0 Å². The van der Waals surface area contributed by atoms with Crippen LogP contribution in [0.2, 0.25) is 0 Å². The Balaban J connectivity index is 1.93. The summed E-state index contributed by atoms with van der Waals surface area (Å²) >= 11 is 2.72. The number of rotatable bonds is 5. The molecule has 0 unspecified atom stereocenters. The van der Waals surface area contributed by atoms with Crippen LogP contribution >= 0.6 is 22.7 Å². The Kier molecular flexibility index (Phi) is 5.03. The summed E-state index contributed by atoms with van der Waals surface area (Å²) in [6.45, 7) is 2.02. The maximum atomic E-state index is 11.7. The van der Waals surface area contributed by atoms with Gasteiger partial charge in [0, 0.05) is 16.3 Å². The minimum Gasteiger partial charge on any atom is -0.461 e. The van der Waals surface area contributed by atoms with Gasteiger partial charge in [0.25, 0.3) is 0 Å². The van der Waals surface area contributed by atoms with E-state index in [1.54, 1.807) is 29.7 Å². The first kappa shape index (κ1) is 14.4. The van der Waals surface area contributed by atoms with E-state index in [2.05, 4.69) is 10.3 Å². The third-order valence-electron chi connectivity index (χ3n) is 2.16. The number of carbonyl (C=O) groups excluding carboxylic acids is 2. The topological polar surface area (TPSA) is 68.3 Å². The summed E-state index contributed by atoms with van der Waals surface area (Å²) in [6.07, 6.45) is 3.15. The van der Waals surface area contributed by atoms with Crippen molar-refractivity contribution in [2.45, 2.75) is 6.92 Å². The van der Waals surface area contributed by atoms with Gasteiger partial charge in [-0.3, -0.25) is 10.1 Å². The normalized spacial score (nSPS) is 10.7. The summed E-state index contributed by atoms with van der Waals surface area (Å²) in [5.74, 6) is -0.776. The van der Waals surface area contributed by atoms with Crippen LogP contribution in [0, 0.1) is 0 Å². The van der Waals surface area contributed by atoms with Gasteiger partial charge < -0.3 is 4.74 Å². The number of aromatic nitrogens is 1. The van der Waals surface area contributed by atoms with Crippen LogP contribution in [-0.2, 0) is 9.53 Å². The Morgan fingerprint density at radius 1 is 1.45 bits per heavy atom. The van der Waals surface area contributed by atoms with E-state index in [1.807, 2.05) is 17.5 Å². The van der Waals surface area contributed by atoms with E-state index < -0.39 is 5.97 Å². The number of hydrogen-bond donors (Lipinski definition) is 1. The summed E-state index contributed by atoms with van der Waals surface area (Å²) in [6, 6.07) is 3.82. The molecule has 0 bridgehead atoms. The lowest BCUT2D eigenvalue weighted by molar-refractivity contribution is -0.111. The van der Waals surface area contributed by atoms with Crippen molar-refractivity contribution in [1.82, 2.24) is 4.98 Å². The van der Waals surface area contributed by atoms with Crippen LogP contribution in [0.15, 0.2) is 29.0 Å². The fourth-order valence-electron chi connectivity index (χ4n) is 1.32. The van der Waals surface area contributed by atoms with Crippen molar-refractivity contribution in [3.8, 4) is 0 Å². The minimum atomic E-state index is -0.488. The van der Waals surface area contributed by atoms with E-state index >= 15 is 0 Å². The van der Waals surface area contributed by atoms with Crippen LogP contribution in [0.3, 0.4) is 0 Å². The average Bonchev–Trinajstić information content (AvgIpc) is 3.07. The zero-order chi connectivity index (χ0) is 14.4. The molecular weight excluding hydrogens is 296 g/mol.